The number of aryl methyl sites for hydroxylation is 1. The molecule has 0 N–H and O–H groups in total. The van der Waals surface area contributed by atoms with E-state index in [1.54, 1.807) is 17.7 Å². The smallest absolute Gasteiger partial charge is 0.274 e. The largest absolute Gasteiger partial charge is 0.279 e. The third-order valence-corrected chi connectivity index (χ3v) is 4.32. The van der Waals surface area contributed by atoms with Crippen LogP contribution in [-0.4, -0.2) is 25.5 Å². The Labute approximate surface area is 146 Å². The number of benzene rings is 1. The molecule has 2 aromatic heterocycles. The van der Waals surface area contributed by atoms with E-state index in [1.807, 2.05) is 36.4 Å². The van der Waals surface area contributed by atoms with Crippen molar-refractivity contribution in [1.29, 1.82) is 0 Å². The van der Waals surface area contributed by atoms with E-state index in [2.05, 4.69) is 36.1 Å². The molecule has 1 aliphatic rings. The molecule has 118 valence electrons. The highest BCUT2D eigenvalue weighted by Gasteiger charge is 2.22. The van der Waals surface area contributed by atoms with E-state index < -0.39 is 0 Å². The Hall–Kier alpha value is -2.67. The van der Waals surface area contributed by atoms with Gasteiger partial charge in [-0.2, -0.15) is 0 Å². The maximum absolute atomic E-state index is 12.6. The third kappa shape index (κ3) is 2.37. The molecule has 1 aromatic carbocycles. The highest BCUT2D eigenvalue weighted by Crippen LogP contribution is 2.25. The summed E-state index contributed by atoms with van der Waals surface area (Å²) in [4.78, 5) is 21.7. The zero-order chi connectivity index (χ0) is 16.7. The first kappa shape index (κ1) is 14.9. The number of nitrogens with zero attached hydrogens (tertiary/aromatic N) is 5. The van der Waals surface area contributed by atoms with Gasteiger partial charge in [0.1, 0.15) is 12.2 Å². The summed E-state index contributed by atoms with van der Waals surface area (Å²) in [5.41, 5.74) is 3.22. The van der Waals surface area contributed by atoms with Crippen LogP contribution in [-0.2, 0) is 6.54 Å². The Kier molecular flexibility index (Phi) is 3.57. The van der Waals surface area contributed by atoms with Gasteiger partial charge in [-0.15, -0.1) is 10.2 Å². The van der Waals surface area contributed by atoms with E-state index in [-0.39, 0.29) is 12.1 Å². The molecule has 0 amide bonds. The average Bonchev–Trinajstić information content (AvgIpc) is 2.76. The number of hydrogen-bond donors (Lipinski definition) is 0. The lowest BCUT2D eigenvalue weighted by molar-refractivity contribution is 0.731. The van der Waals surface area contributed by atoms with Crippen molar-refractivity contribution < 1.29 is 0 Å². The molecule has 0 bridgehead atoms. The van der Waals surface area contributed by atoms with Gasteiger partial charge in [0.2, 0.25) is 0 Å². The van der Waals surface area contributed by atoms with Crippen molar-refractivity contribution in [2.24, 2.45) is 4.99 Å². The van der Waals surface area contributed by atoms with Gasteiger partial charge in [0.05, 0.1) is 17.1 Å². The van der Waals surface area contributed by atoms with Crippen molar-refractivity contribution in [2.75, 3.05) is 0 Å². The zero-order valence-electron chi connectivity index (χ0n) is 12.8. The molecule has 1 aliphatic heterocycles. The molecule has 0 radical (unpaired) electrons. The number of fused-ring (bicyclic) bond motifs is 3. The van der Waals surface area contributed by atoms with Crippen molar-refractivity contribution in [2.45, 2.75) is 13.5 Å². The molecule has 3 aromatic rings. The molecular formula is C17H12BrN5O. The van der Waals surface area contributed by atoms with Gasteiger partial charge in [0.25, 0.3) is 5.56 Å². The fraction of sp³-hybridized carbons (Fsp3) is 0.118. The van der Waals surface area contributed by atoms with Crippen LogP contribution in [0.25, 0.3) is 5.69 Å². The number of aliphatic imine (C=N–C) groups is 1. The van der Waals surface area contributed by atoms with Crippen LogP contribution in [0.1, 0.15) is 22.8 Å². The van der Waals surface area contributed by atoms with Gasteiger partial charge in [0, 0.05) is 16.2 Å². The molecule has 0 saturated carbocycles. The number of hydrogen-bond acceptors (Lipinski definition) is 5. The van der Waals surface area contributed by atoms with Crippen molar-refractivity contribution in [3.8, 4) is 5.69 Å². The molecule has 0 atom stereocenters. The fourth-order valence-corrected chi connectivity index (χ4v) is 3.06. The van der Waals surface area contributed by atoms with Gasteiger partial charge in [-0.05, 0) is 37.3 Å². The van der Waals surface area contributed by atoms with Gasteiger partial charge in [-0.3, -0.25) is 19.3 Å². The normalized spacial score (nSPS) is 12.8. The van der Waals surface area contributed by atoms with Gasteiger partial charge in [-0.1, -0.05) is 22.0 Å². The summed E-state index contributed by atoms with van der Waals surface area (Å²) >= 11 is 3.50. The van der Waals surface area contributed by atoms with Crippen LogP contribution in [0.2, 0.25) is 0 Å². The van der Waals surface area contributed by atoms with Crippen LogP contribution in [0.15, 0.2) is 56.9 Å². The molecular weight excluding hydrogens is 370 g/mol. The van der Waals surface area contributed by atoms with Gasteiger partial charge in [-0.25, -0.2) is 0 Å². The Bertz CT molecular complexity index is 1030. The average molecular weight is 382 g/mol. The van der Waals surface area contributed by atoms with Crippen molar-refractivity contribution >= 4 is 21.6 Å². The highest BCUT2D eigenvalue weighted by molar-refractivity contribution is 9.10. The standard InChI is InChI=1S/C17H12BrN5O/c1-10-17(24)23-14-6-5-11(18)8-12(14)16(13-4-2-3-7-19-13)20-9-15(23)22-21-10/h2-8H,9H2,1H3. The molecule has 0 fully saturated rings. The van der Waals surface area contributed by atoms with Gasteiger partial charge < -0.3 is 0 Å². The summed E-state index contributed by atoms with van der Waals surface area (Å²) in [6.07, 6.45) is 1.73. The SMILES string of the molecule is Cc1nnc2n(c1=O)-c1ccc(Br)cc1C(c1ccccn1)=NC2. The van der Waals surface area contributed by atoms with E-state index in [0.717, 1.165) is 27.1 Å². The van der Waals surface area contributed by atoms with Crippen LogP contribution < -0.4 is 5.56 Å². The predicted molar refractivity (Wildman–Crippen MR) is 93.6 cm³/mol. The summed E-state index contributed by atoms with van der Waals surface area (Å²) in [5, 5.41) is 8.11. The van der Waals surface area contributed by atoms with Crippen molar-refractivity contribution in [3.63, 3.8) is 0 Å². The lowest BCUT2D eigenvalue weighted by Gasteiger charge is -2.13. The molecule has 6 nitrogen and oxygen atoms in total. The second-order valence-corrected chi connectivity index (χ2v) is 6.30. The minimum atomic E-state index is -0.180. The maximum Gasteiger partial charge on any atom is 0.279 e. The Morgan fingerprint density at radius 3 is 2.83 bits per heavy atom. The van der Waals surface area contributed by atoms with E-state index in [1.165, 1.54) is 0 Å². The Balaban J connectivity index is 2.06. The minimum Gasteiger partial charge on any atom is -0.274 e. The summed E-state index contributed by atoms with van der Waals surface area (Å²) < 4.78 is 2.49. The maximum atomic E-state index is 12.6. The third-order valence-electron chi connectivity index (χ3n) is 3.83. The quantitative estimate of drug-likeness (QED) is 0.648. The van der Waals surface area contributed by atoms with E-state index >= 15 is 0 Å². The first-order valence-electron chi connectivity index (χ1n) is 7.36. The first-order chi connectivity index (χ1) is 11.6. The molecule has 24 heavy (non-hydrogen) atoms. The lowest BCUT2D eigenvalue weighted by atomic mass is 10.0. The Morgan fingerprint density at radius 2 is 2.04 bits per heavy atom. The van der Waals surface area contributed by atoms with Crippen LogP contribution in [0.4, 0.5) is 0 Å². The van der Waals surface area contributed by atoms with E-state index in [0.29, 0.717) is 11.5 Å². The molecule has 7 heteroatoms. The molecule has 0 spiro atoms. The van der Waals surface area contributed by atoms with Crippen molar-refractivity contribution in [1.82, 2.24) is 19.7 Å². The number of pyridine rings is 1. The summed E-state index contributed by atoms with van der Waals surface area (Å²) in [7, 11) is 0. The molecule has 0 unspecified atom stereocenters. The summed E-state index contributed by atoms with van der Waals surface area (Å²) in [5.74, 6) is 0.514. The zero-order valence-corrected chi connectivity index (χ0v) is 14.4. The fourth-order valence-electron chi connectivity index (χ4n) is 2.70. The van der Waals surface area contributed by atoms with E-state index in [9.17, 15) is 4.79 Å². The predicted octanol–water partition coefficient (Wildman–Crippen LogP) is 2.44. The number of rotatable bonds is 1. The summed E-state index contributed by atoms with van der Waals surface area (Å²) in [6, 6.07) is 11.4. The van der Waals surface area contributed by atoms with Crippen LogP contribution in [0.3, 0.4) is 0 Å². The first-order valence-corrected chi connectivity index (χ1v) is 8.16. The van der Waals surface area contributed by atoms with Gasteiger partial charge >= 0.3 is 0 Å². The number of halogens is 1. The minimum absolute atomic E-state index is 0.180. The number of aromatic nitrogens is 4. The molecule has 3 heterocycles. The second kappa shape index (κ2) is 5.76. The van der Waals surface area contributed by atoms with Crippen LogP contribution in [0, 0.1) is 6.92 Å². The highest BCUT2D eigenvalue weighted by atomic mass is 79.9. The van der Waals surface area contributed by atoms with Gasteiger partial charge in [0.15, 0.2) is 5.82 Å². The van der Waals surface area contributed by atoms with Crippen molar-refractivity contribution in [3.05, 3.63) is 80.2 Å². The molecule has 0 aliphatic carbocycles. The lowest BCUT2D eigenvalue weighted by Crippen LogP contribution is -2.27. The second-order valence-electron chi connectivity index (χ2n) is 5.38. The topological polar surface area (TPSA) is 73.0 Å². The molecule has 4 rings (SSSR count). The monoisotopic (exact) mass is 381 g/mol. The summed E-state index contributed by atoms with van der Waals surface area (Å²) in [6.45, 7) is 1.92. The van der Waals surface area contributed by atoms with Crippen LogP contribution >= 0.6 is 15.9 Å². The Morgan fingerprint density at radius 1 is 1.17 bits per heavy atom. The van der Waals surface area contributed by atoms with Crippen LogP contribution in [0.5, 0.6) is 0 Å². The molecule has 0 saturated heterocycles. The van der Waals surface area contributed by atoms with E-state index in [4.69, 9.17) is 0 Å².